The van der Waals surface area contributed by atoms with Crippen LogP contribution < -0.4 is 20.9 Å². The minimum absolute atomic E-state index is 0.0892. The molecular weight excluding hydrogens is 598 g/mol. The number of carbonyl (C=O) groups excluding carboxylic acids is 3. The average Bonchev–Trinajstić information content (AvgIpc) is 3.75. The number of carbonyl (C=O) groups is 3. The molecule has 3 N–H and O–H groups in total. The highest BCUT2D eigenvalue weighted by Crippen LogP contribution is 2.48. The van der Waals surface area contributed by atoms with Crippen molar-refractivity contribution in [1.82, 2.24) is 21.1 Å². The molecule has 0 radical (unpaired) electrons. The third-order valence-corrected chi connectivity index (χ3v) is 10.3. The molecule has 0 bridgehead atoms. The van der Waals surface area contributed by atoms with Crippen LogP contribution in [0.2, 0.25) is 0 Å². The SMILES string of the molecule is COc1cc(C(=O)NNC(=O)c2ccccc2-c2sc3cc(C#N)ccc3c2C2CCCC2)ccc1C(=O)NC1CCN(C)CC1. The summed E-state index contributed by atoms with van der Waals surface area (Å²) in [6.07, 6.45) is 6.26. The zero-order valence-electron chi connectivity index (χ0n) is 26.0. The summed E-state index contributed by atoms with van der Waals surface area (Å²) in [5.41, 5.74) is 8.76. The standard InChI is InChI=1S/C36H37N5O4S/c1-41-17-15-25(16-18-41)38-35(43)28-14-12-24(20-30(28)45-2)34(42)39-40-36(44)27-10-6-5-9-26(27)33-32(23-7-3-4-8-23)29-13-11-22(21-37)19-31(29)46-33/h5-6,9-14,19-20,23,25H,3-4,7-8,15-18H2,1-2H3,(H,38,43)(H,39,42)(H,40,44). The number of nitriles is 1. The number of ether oxygens (including phenoxy) is 1. The Morgan fingerprint density at radius 2 is 1.63 bits per heavy atom. The van der Waals surface area contributed by atoms with Crippen molar-refractivity contribution in [1.29, 1.82) is 5.26 Å². The Bertz CT molecular complexity index is 1830. The van der Waals surface area contributed by atoms with Crippen molar-refractivity contribution in [2.45, 2.75) is 50.5 Å². The van der Waals surface area contributed by atoms with Crippen molar-refractivity contribution in [3.63, 3.8) is 0 Å². The van der Waals surface area contributed by atoms with E-state index in [0.717, 1.165) is 59.3 Å². The van der Waals surface area contributed by atoms with Gasteiger partial charge in [0, 0.05) is 32.3 Å². The summed E-state index contributed by atoms with van der Waals surface area (Å²) in [5.74, 6) is -0.567. The highest BCUT2D eigenvalue weighted by atomic mass is 32.1. The molecule has 46 heavy (non-hydrogen) atoms. The average molecular weight is 636 g/mol. The molecular formula is C36H37N5O4S. The summed E-state index contributed by atoms with van der Waals surface area (Å²) in [5, 5.41) is 13.7. The van der Waals surface area contributed by atoms with Gasteiger partial charge < -0.3 is 15.0 Å². The van der Waals surface area contributed by atoms with Crippen LogP contribution in [0.15, 0.2) is 60.7 Å². The smallest absolute Gasteiger partial charge is 0.270 e. The minimum atomic E-state index is -0.538. The van der Waals surface area contributed by atoms with Gasteiger partial charge in [0.25, 0.3) is 17.7 Å². The zero-order chi connectivity index (χ0) is 32.2. The number of nitrogens with one attached hydrogen (secondary N) is 3. The van der Waals surface area contributed by atoms with Crippen molar-refractivity contribution < 1.29 is 19.1 Å². The van der Waals surface area contributed by atoms with Crippen LogP contribution in [-0.4, -0.2) is 55.9 Å². The van der Waals surface area contributed by atoms with Gasteiger partial charge in [0.2, 0.25) is 0 Å². The van der Waals surface area contributed by atoms with Crippen LogP contribution in [-0.2, 0) is 0 Å². The van der Waals surface area contributed by atoms with Gasteiger partial charge in [-0.2, -0.15) is 5.26 Å². The lowest BCUT2D eigenvalue weighted by atomic mass is 9.91. The molecule has 3 amide bonds. The van der Waals surface area contributed by atoms with Gasteiger partial charge in [0.1, 0.15) is 5.75 Å². The molecule has 1 aliphatic carbocycles. The number of rotatable bonds is 7. The summed E-state index contributed by atoms with van der Waals surface area (Å²) < 4.78 is 6.49. The lowest BCUT2D eigenvalue weighted by Crippen LogP contribution is -2.43. The molecule has 4 aromatic rings. The number of likely N-dealkylation sites (tertiary alicyclic amines) is 1. The lowest BCUT2D eigenvalue weighted by Gasteiger charge is -2.29. The maximum atomic E-state index is 13.6. The fourth-order valence-electron chi connectivity index (χ4n) is 6.57. The number of thiophene rings is 1. The minimum Gasteiger partial charge on any atom is -0.496 e. The van der Waals surface area contributed by atoms with Gasteiger partial charge in [-0.15, -0.1) is 11.3 Å². The summed E-state index contributed by atoms with van der Waals surface area (Å²) in [4.78, 5) is 42.9. The fraction of sp³-hybridized carbons (Fsp3) is 0.333. The van der Waals surface area contributed by atoms with E-state index < -0.39 is 11.8 Å². The number of hydrazine groups is 1. The van der Waals surface area contributed by atoms with Gasteiger partial charge in [-0.3, -0.25) is 25.2 Å². The summed E-state index contributed by atoms with van der Waals surface area (Å²) >= 11 is 1.60. The second kappa shape index (κ2) is 13.7. The van der Waals surface area contributed by atoms with E-state index in [-0.39, 0.29) is 23.3 Å². The first kappa shape index (κ1) is 31.3. The van der Waals surface area contributed by atoms with E-state index >= 15 is 0 Å². The van der Waals surface area contributed by atoms with Gasteiger partial charge >= 0.3 is 0 Å². The van der Waals surface area contributed by atoms with E-state index in [0.29, 0.717) is 22.6 Å². The van der Waals surface area contributed by atoms with Crippen LogP contribution in [0.25, 0.3) is 20.5 Å². The van der Waals surface area contributed by atoms with Crippen molar-refractivity contribution in [2.75, 3.05) is 27.2 Å². The second-order valence-corrected chi connectivity index (χ2v) is 13.1. The van der Waals surface area contributed by atoms with Gasteiger partial charge in [-0.05, 0) is 99.1 Å². The molecule has 3 aromatic carbocycles. The highest BCUT2D eigenvalue weighted by molar-refractivity contribution is 7.22. The molecule has 236 valence electrons. The van der Waals surface area contributed by atoms with Gasteiger partial charge in [0.15, 0.2) is 0 Å². The molecule has 6 rings (SSSR count). The summed E-state index contributed by atoms with van der Waals surface area (Å²) in [7, 11) is 3.52. The second-order valence-electron chi connectivity index (χ2n) is 12.1. The summed E-state index contributed by atoms with van der Waals surface area (Å²) in [6, 6.07) is 20.1. The molecule has 2 heterocycles. The van der Waals surface area contributed by atoms with Crippen LogP contribution in [0.4, 0.5) is 0 Å². The number of hydrogen-bond acceptors (Lipinski definition) is 7. The number of nitrogens with zero attached hydrogens (tertiary/aromatic N) is 2. The van der Waals surface area contributed by atoms with E-state index in [1.54, 1.807) is 35.6 Å². The highest BCUT2D eigenvalue weighted by Gasteiger charge is 2.27. The molecule has 9 nitrogen and oxygen atoms in total. The van der Waals surface area contributed by atoms with Gasteiger partial charge in [-0.1, -0.05) is 37.1 Å². The number of benzene rings is 3. The first-order valence-electron chi connectivity index (χ1n) is 15.7. The normalized spacial score (nSPS) is 15.8. The Hall–Kier alpha value is -4.72. The summed E-state index contributed by atoms with van der Waals surface area (Å²) in [6.45, 7) is 1.85. The van der Waals surface area contributed by atoms with Crippen molar-refractivity contribution in [3.8, 4) is 22.3 Å². The van der Waals surface area contributed by atoms with Crippen LogP contribution in [0.1, 0.15) is 86.6 Å². The van der Waals surface area contributed by atoms with E-state index in [1.807, 2.05) is 30.3 Å². The topological polar surface area (TPSA) is 124 Å². The van der Waals surface area contributed by atoms with E-state index in [1.165, 1.54) is 31.6 Å². The Morgan fingerprint density at radius 1 is 0.891 bits per heavy atom. The molecule has 10 heteroatoms. The third kappa shape index (κ3) is 6.48. The van der Waals surface area contributed by atoms with Crippen LogP contribution >= 0.6 is 11.3 Å². The Kier molecular flexibility index (Phi) is 9.33. The van der Waals surface area contributed by atoms with Crippen LogP contribution in [0.5, 0.6) is 5.75 Å². The first-order valence-corrected chi connectivity index (χ1v) is 16.5. The molecule has 0 atom stereocenters. The zero-order valence-corrected chi connectivity index (χ0v) is 26.8. The number of fused-ring (bicyclic) bond motifs is 1. The lowest BCUT2D eigenvalue weighted by molar-refractivity contribution is 0.0846. The van der Waals surface area contributed by atoms with Crippen molar-refractivity contribution >= 4 is 39.1 Å². The maximum Gasteiger partial charge on any atom is 0.270 e. The van der Waals surface area contributed by atoms with Crippen LogP contribution in [0.3, 0.4) is 0 Å². The third-order valence-electron chi connectivity index (χ3n) is 9.09. The van der Waals surface area contributed by atoms with Crippen LogP contribution in [0, 0.1) is 11.3 Å². The molecule has 0 unspecified atom stereocenters. The molecule has 0 spiro atoms. The fourth-order valence-corrected chi connectivity index (χ4v) is 7.94. The maximum absolute atomic E-state index is 13.6. The number of piperidine rings is 1. The van der Waals surface area contributed by atoms with Gasteiger partial charge in [0.05, 0.1) is 24.3 Å². The number of hydrogen-bond donors (Lipinski definition) is 3. The Morgan fingerprint density at radius 3 is 2.37 bits per heavy atom. The largest absolute Gasteiger partial charge is 0.496 e. The number of amides is 3. The monoisotopic (exact) mass is 635 g/mol. The van der Waals surface area contributed by atoms with E-state index in [2.05, 4.69) is 34.2 Å². The molecule has 1 saturated heterocycles. The predicted octanol–water partition coefficient (Wildman–Crippen LogP) is 6.00. The predicted molar refractivity (Wildman–Crippen MR) is 179 cm³/mol. The first-order chi connectivity index (χ1) is 22.4. The Labute approximate surface area is 272 Å². The van der Waals surface area contributed by atoms with Crippen molar-refractivity contribution in [2.24, 2.45) is 0 Å². The van der Waals surface area contributed by atoms with Crippen molar-refractivity contribution in [3.05, 3.63) is 88.5 Å². The Balaban J connectivity index is 1.19. The molecule has 2 aliphatic rings. The molecule has 1 saturated carbocycles. The van der Waals surface area contributed by atoms with E-state index in [9.17, 15) is 19.6 Å². The number of methoxy groups -OCH3 is 1. The molecule has 1 aromatic heterocycles. The molecule has 2 fully saturated rings. The van der Waals surface area contributed by atoms with E-state index in [4.69, 9.17) is 4.74 Å². The van der Waals surface area contributed by atoms with Gasteiger partial charge in [-0.25, -0.2) is 0 Å². The quantitative estimate of drug-likeness (QED) is 0.214. The molecule has 1 aliphatic heterocycles.